The first-order valence-corrected chi connectivity index (χ1v) is 11.7. The molecule has 0 heterocycles. The van der Waals surface area contributed by atoms with Gasteiger partial charge in [0.05, 0.1) is 18.6 Å². The number of halogens is 3. The molecule has 37 heavy (non-hydrogen) atoms. The Morgan fingerprint density at radius 2 is 1.62 bits per heavy atom. The molecule has 2 aromatic carbocycles. The van der Waals surface area contributed by atoms with Gasteiger partial charge in [-0.2, -0.15) is 0 Å². The molecule has 0 radical (unpaired) electrons. The molecule has 2 rings (SSSR count). The monoisotopic (exact) mass is 524 g/mol. The van der Waals surface area contributed by atoms with Crippen molar-refractivity contribution in [1.29, 1.82) is 0 Å². The number of nitrogens with one attached hydrogen (secondary N) is 2. The molecule has 0 saturated heterocycles. The molecule has 11 heteroatoms. The molecule has 0 fully saturated rings. The highest BCUT2D eigenvalue weighted by atomic mass is 19.4. The second-order valence-electron chi connectivity index (χ2n) is 8.97. The predicted molar refractivity (Wildman–Crippen MR) is 129 cm³/mol. The van der Waals surface area contributed by atoms with E-state index in [0.29, 0.717) is 0 Å². The fraction of sp³-hybridized carbons (Fsp3) is 0.423. The SMILES string of the molecule is CC(C)[C@H](NC(=O)Cc1cccc(OC(F)(F)F)c1)C(=O)N[C@@H](Cc1ccccc1)[C@@H](O)CCC(=O)O. The van der Waals surface area contributed by atoms with Crippen LogP contribution in [0.1, 0.15) is 37.8 Å². The zero-order chi connectivity index (χ0) is 27.6. The molecule has 0 aromatic heterocycles. The first-order chi connectivity index (χ1) is 17.3. The molecule has 2 aromatic rings. The summed E-state index contributed by atoms with van der Waals surface area (Å²) in [5, 5.41) is 24.9. The molecular weight excluding hydrogens is 493 g/mol. The molecule has 0 aliphatic heterocycles. The van der Waals surface area contributed by atoms with Crippen LogP contribution in [0.25, 0.3) is 0 Å². The van der Waals surface area contributed by atoms with Crippen molar-refractivity contribution in [2.24, 2.45) is 5.92 Å². The number of carboxylic acid groups (broad SMARTS) is 1. The number of hydrogen-bond acceptors (Lipinski definition) is 5. The van der Waals surface area contributed by atoms with Crippen molar-refractivity contribution in [1.82, 2.24) is 10.6 Å². The molecule has 0 aliphatic carbocycles. The maximum atomic E-state index is 13.1. The number of carbonyl (C=O) groups is 3. The van der Waals surface area contributed by atoms with Crippen LogP contribution in [0.15, 0.2) is 54.6 Å². The second kappa shape index (κ2) is 13.6. The lowest BCUT2D eigenvalue weighted by Gasteiger charge is -2.28. The van der Waals surface area contributed by atoms with E-state index in [1.807, 2.05) is 6.07 Å². The molecular formula is C26H31F3N2O6. The van der Waals surface area contributed by atoms with Gasteiger partial charge in [-0.15, -0.1) is 13.2 Å². The van der Waals surface area contributed by atoms with Crippen molar-refractivity contribution >= 4 is 17.8 Å². The van der Waals surface area contributed by atoms with E-state index in [1.54, 1.807) is 38.1 Å². The Morgan fingerprint density at radius 1 is 0.973 bits per heavy atom. The van der Waals surface area contributed by atoms with Gasteiger partial charge in [-0.3, -0.25) is 14.4 Å². The molecule has 0 spiro atoms. The van der Waals surface area contributed by atoms with E-state index < -0.39 is 48.1 Å². The minimum Gasteiger partial charge on any atom is -0.481 e. The minimum absolute atomic E-state index is 0.0812. The van der Waals surface area contributed by atoms with Crippen molar-refractivity contribution in [2.75, 3.05) is 0 Å². The zero-order valence-electron chi connectivity index (χ0n) is 20.5. The highest BCUT2D eigenvalue weighted by molar-refractivity contribution is 5.88. The number of aliphatic hydroxyl groups excluding tert-OH is 1. The van der Waals surface area contributed by atoms with E-state index >= 15 is 0 Å². The molecule has 4 N–H and O–H groups in total. The average Bonchev–Trinajstić information content (AvgIpc) is 2.80. The first kappa shape index (κ1) is 29.6. The van der Waals surface area contributed by atoms with Gasteiger partial charge in [0.1, 0.15) is 11.8 Å². The summed E-state index contributed by atoms with van der Waals surface area (Å²) < 4.78 is 41.3. The summed E-state index contributed by atoms with van der Waals surface area (Å²) in [6.07, 6.45) is -6.45. The lowest BCUT2D eigenvalue weighted by molar-refractivity contribution is -0.274. The average molecular weight is 525 g/mol. The van der Waals surface area contributed by atoms with Gasteiger partial charge in [0.25, 0.3) is 0 Å². The highest BCUT2D eigenvalue weighted by Crippen LogP contribution is 2.23. The largest absolute Gasteiger partial charge is 0.573 e. The highest BCUT2D eigenvalue weighted by Gasteiger charge is 2.32. The fourth-order valence-electron chi connectivity index (χ4n) is 3.69. The van der Waals surface area contributed by atoms with Gasteiger partial charge < -0.3 is 25.6 Å². The summed E-state index contributed by atoms with van der Waals surface area (Å²) >= 11 is 0. The molecule has 3 atom stereocenters. The standard InChI is InChI=1S/C26H31F3N2O6/c1-16(2)24(31-22(33)15-18-9-6-10-19(13-18)37-26(27,28)29)25(36)30-20(21(32)11-12-23(34)35)14-17-7-4-3-5-8-17/h3-10,13,16,20-21,24,32H,11-12,14-15H2,1-2H3,(H,30,36)(H,31,33)(H,34,35)/t20-,21-,24-/m0/s1. The van der Waals surface area contributed by atoms with Crippen LogP contribution in [-0.2, 0) is 27.2 Å². The normalized spacial score (nSPS) is 13.9. The van der Waals surface area contributed by atoms with E-state index in [4.69, 9.17) is 5.11 Å². The van der Waals surface area contributed by atoms with Crippen molar-refractivity contribution in [2.45, 2.75) is 64.1 Å². The Morgan fingerprint density at radius 3 is 2.22 bits per heavy atom. The molecule has 0 aliphatic rings. The van der Waals surface area contributed by atoms with Gasteiger partial charge in [-0.05, 0) is 42.0 Å². The number of alkyl halides is 3. The quantitative estimate of drug-likeness (QED) is 0.319. The smallest absolute Gasteiger partial charge is 0.481 e. The molecule has 0 saturated carbocycles. The molecule has 8 nitrogen and oxygen atoms in total. The summed E-state index contributed by atoms with van der Waals surface area (Å²) in [6.45, 7) is 3.41. The molecule has 0 unspecified atom stereocenters. The van der Waals surface area contributed by atoms with E-state index in [0.717, 1.165) is 17.7 Å². The van der Waals surface area contributed by atoms with Crippen LogP contribution in [0.4, 0.5) is 13.2 Å². The number of carboxylic acids is 1. The van der Waals surface area contributed by atoms with E-state index in [1.165, 1.54) is 12.1 Å². The summed E-state index contributed by atoms with van der Waals surface area (Å²) in [6, 6.07) is 12.2. The Balaban J connectivity index is 2.10. The number of aliphatic hydroxyl groups is 1. The van der Waals surface area contributed by atoms with Crippen molar-refractivity contribution in [3.8, 4) is 5.75 Å². The number of aliphatic carboxylic acids is 1. The lowest BCUT2D eigenvalue weighted by atomic mass is 9.96. The van der Waals surface area contributed by atoms with Gasteiger partial charge in [0.15, 0.2) is 0 Å². The van der Waals surface area contributed by atoms with E-state index in [2.05, 4.69) is 15.4 Å². The van der Waals surface area contributed by atoms with Crippen LogP contribution in [0.2, 0.25) is 0 Å². The summed E-state index contributed by atoms with van der Waals surface area (Å²) in [5.41, 5.74) is 1.07. The third-order valence-corrected chi connectivity index (χ3v) is 5.51. The number of hydrogen-bond donors (Lipinski definition) is 4. The molecule has 0 bridgehead atoms. The van der Waals surface area contributed by atoms with Crippen molar-refractivity contribution < 1.29 is 42.5 Å². The third-order valence-electron chi connectivity index (χ3n) is 5.51. The van der Waals surface area contributed by atoms with Crippen LogP contribution < -0.4 is 15.4 Å². The van der Waals surface area contributed by atoms with Gasteiger partial charge in [-0.1, -0.05) is 56.3 Å². The summed E-state index contributed by atoms with van der Waals surface area (Å²) in [4.78, 5) is 36.7. The Kier molecular flexibility index (Phi) is 10.9. The van der Waals surface area contributed by atoms with Crippen LogP contribution in [0.3, 0.4) is 0 Å². The number of carbonyl (C=O) groups excluding carboxylic acids is 2. The maximum absolute atomic E-state index is 13.1. The van der Waals surface area contributed by atoms with Gasteiger partial charge in [0.2, 0.25) is 11.8 Å². The van der Waals surface area contributed by atoms with Crippen molar-refractivity contribution in [3.63, 3.8) is 0 Å². The molecule has 2 amide bonds. The number of benzene rings is 2. The van der Waals surface area contributed by atoms with E-state index in [-0.39, 0.29) is 37.2 Å². The number of amides is 2. The number of rotatable bonds is 13. The maximum Gasteiger partial charge on any atom is 0.573 e. The number of ether oxygens (including phenoxy) is 1. The summed E-state index contributed by atoms with van der Waals surface area (Å²) in [5.74, 6) is -3.08. The Bertz CT molecular complexity index is 1050. The zero-order valence-corrected chi connectivity index (χ0v) is 20.5. The third kappa shape index (κ3) is 10.9. The van der Waals surface area contributed by atoms with Crippen LogP contribution in [0, 0.1) is 5.92 Å². The Hall–Kier alpha value is -3.60. The topological polar surface area (TPSA) is 125 Å². The lowest BCUT2D eigenvalue weighted by Crippen LogP contribution is -2.55. The molecule has 202 valence electrons. The second-order valence-corrected chi connectivity index (χ2v) is 8.97. The van der Waals surface area contributed by atoms with Crippen LogP contribution in [0.5, 0.6) is 5.75 Å². The van der Waals surface area contributed by atoms with Crippen molar-refractivity contribution in [3.05, 3.63) is 65.7 Å². The predicted octanol–water partition coefficient (Wildman–Crippen LogP) is 3.22. The minimum atomic E-state index is -4.87. The first-order valence-electron chi connectivity index (χ1n) is 11.7. The summed E-state index contributed by atoms with van der Waals surface area (Å²) in [7, 11) is 0. The fourth-order valence-corrected chi connectivity index (χ4v) is 3.69. The van der Waals surface area contributed by atoms with Crippen LogP contribution >= 0.6 is 0 Å². The van der Waals surface area contributed by atoms with Gasteiger partial charge in [0, 0.05) is 6.42 Å². The van der Waals surface area contributed by atoms with E-state index in [9.17, 15) is 32.7 Å². The van der Waals surface area contributed by atoms with Crippen LogP contribution in [-0.4, -0.2) is 52.5 Å². The van der Waals surface area contributed by atoms with Gasteiger partial charge >= 0.3 is 12.3 Å². The van der Waals surface area contributed by atoms with Gasteiger partial charge in [-0.25, -0.2) is 0 Å². The Labute approximate surface area is 212 Å².